The van der Waals surface area contributed by atoms with Crippen LogP contribution in [-0.2, 0) is 11.3 Å². The van der Waals surface area contributed by atoms with Gasteiger partial charge in [0.1, 0.15) is 0 Å². The van der Waals surface area contributed by atoms with Gasteiger partial charge in [0.15, 0.2) is 0 Å². The minimum absolute atomic E-state index is 0.121. The number of rotatable bonds is 6. The summed E-state index contributed by atoms with van der Waals surface area (Å²) in [6.07, 6.45) is 3.90. The molecule has 1 aliphatic heterocycles. The Morgan fingerprint density at radius 3 is 2.75 bits per heavy atom. The summed E-state index contributed by atoms with van der Waals surface area (Å²) >= 11 is 0. The van der Waals surface area contributed by atoms with Crippen LogP contribution in [0.25, 0.3) is 0 Å². The minimum Gasteiger partial charge on any atom is -0.375 e. The molecule has 1 atom stereocenters. The number of non-ortho nitro benzene ring substituents is 1. The summed E-state index contributed by atoms with van der Waals surface area (Å²) in [5.41, 5.74) is 1.10. The van der Waals surface area contributed by atoms with Gasteiger partial charge in [-0.3, -0.25) is 15.0 Å². The smallest absolute Gasteiger partial charge is 0.269 e. The molecular formula is C15H22N2O3. The molecule has 1 heterocycles. The van der Waals surface area contributed by atoms with Crippen molar-refractivity contribution in [3.63, 3.8) is 0 Å². The average molecular weight is 278 g/mol. The van der Waals surface area contributed by atoms with Gasteiger partial charge in [-0.2, -0.15) is 0 Å². The lowest BCUT2D eigenvalue weighted by Crippen LogP contribution is -2.39. The first-order valence-electron chi connectivity index (χ1n) is 7.22. The van der Waals surface area contributed by atoms with Crippen LogP contribution in [0.1, 0.15) is 31.7 Å². The standard InChI is InChI=1S/C15H22N2O3/c1-13-4-2-3-9-16(13)10-11-20-12-14-5-7-15(8-6-14)17(18)19/h5-8,13H,2-4,9-12H2,1H3. The molecule has 0 amide bonds. The van der Waals surface area contributed by atoms with Gasteiger partial charge < -0.3 is 4.74 Å². The maximum absolute atomic E-state index is 10.5. The number of benzene rings is 1. The molecule has 110 valence electrons. The van der Waals surface area contributed by atoms with Gasteiger partial charge in [0.05, 0.1) is 18.1 Å². The van der Waals surface area contributed by atoms with E-state index < -0.39 is 0 Å². The van der Waals surface area contributed by atoms with E-state index in [2.05, 4.69) is 11.8 Å². The van der Waals surface area contributed by atoms with Crippen LogP contribution in [0.15, 0.2) is 24.3 Å². The highest BCUT2D eigenvalue weighted by Crippen LogP contribution is 2.16. The Morgan fingerprint density at radius 2 is 2.10 bits per heavy atom. The van der Waals surface area contributed by atoms with E-state index >= 15 is 0 Å². The molecule has 0 bridgehead atoms. The maximum atomic E-state index is 10.5. The molecule has 1 aromatic carbocycles. The topological polar surface area (TPSA) is 55.6 Å². The molecule has 20 heavy (non-hydrogen) atoms. The van der Waals surface area contributed by atoms with E-state index in [-0.39, 0.29) is 10.6 Å². The van der Waals surface area contributed by atoms with Gasteiger partial charge in [-0.25, -0.2) is 0 Å². The summed E-state index contributed by atoms with van der Waals surface area (Å²) in [4.78, 5) is 12.6. The molecule has 1 aliphatic rings. The summed E-state index contributed by atoms with van der Waals surface area (Å²) in [5.74, 6) is 0. The van der Waals surface area contributed by atoms with Crippen molar-refractivity contribution in [1.29, 1.82) is 0 Å². The van der Waals surface area contributed by atoms with Crippen LogP contribution in [0, 0.1) is 10.1 Å². The summed E-state index contributed by atoms with van der Waals surface area (Å²) in [5, 5.41) is 10.5. The van der Waals surface area contributed by atoms with Gasteiger partial charge in [-0.1, -0.05) is 6.42 Å². The predicted molar refractivity (Wildman–Crippen MR) is 77.6 cm³/mol. The van der Waals surface area contributed by atoms with Crippen LogP contribution in [0.5, 0.6) is 0 Å². The molecule has 0 radical (unpaired) electrons. The van der Waals surface area contributed by atoms with Crippen LogP contribution < -0.4 is 0 Å². The van der Waals surface area contributed by atoms with E-state index in [0.717, 1.165) is 12.1 Å². The molecule has 1 aromatic rings. The van der Waals surface area contributed by atoms with Gasteiger partial charge in [-0.15, -0.1) is 0 Å². The lowest BCUT2D eigenvalue weighted by molar-refractivity contribution is -0.384. The lowest BCUT2D eigenvalue weighted by Gasteiger charge is -2.33. The van der Waals surface area contributed by atoms with E-state index in [0.29, 0.717) is 19.3 Å². The Bertz CT molecular complexity index is 433. The molecule has 5 nitrogen and oxygen atoms in total. The van der Waals surface area contributed by atoms with Crippen molar-refractivity contribution in [2.75, 3.05) is 19.7 Å². The van der Waals surface area contributed by atoms with Gasteiger partial charge >= 0.3 is 0 Å². The summed E-state index contributed by atoms with van der Waals surface area (Å²) in [6.45, 7) is 5.63. The fraction of sp³-hybridized carbons (Fsp3) is 0.600. The zero-order chi connectivity index (χ0) is 14.4. The van der Waals surface area contributed by atoms with Crippen LogP contribution in [0.3, 0.4) is 0 Å². The van der Waals surface area contributed by atoms with Crippen LogP contribution in [0.4, 0.5) is 5.69 Å². The Balaban J connectivity index is 1.69. The number of likely N-dealkylation sites (tertiary alicyclic amines) is 1. The third-order valence-corrected chi connectivity index (χ3v) is 3.88. The number of piperidine rings is 1. The van der Waals surface area contributed by atoms with Crippen molar-refractivity contribution in [3.8, 4) is 0 Å². The van der Waals surface area contributed by atoms with E-state index in [1.165, 1.54) is 37.9 Å². The third-order valence-electron chi connectivity index (χ3n) is 3.88. The molecule has 1 fully saturated rings. The highest BCUT2D eigenvalue weighted by Gasteiger charge is 2.17. The van der Waals surface area contributed by atoms with Crippen LogP contribution in [0.2, 0.25) is 0 Å². The first kappa shape index (κ1) is 14.9. The highest BCUT2D eigenvalue weighted by molar-refractivity contribution is 5.32. The normalized spacial score (nSPS) is 19.9. The SMILES string of the molecule is CC1CCCCN1CCOCc1ccc([N+](=O)[O-])cc1. The number of hydrogen-bond donors (Lipinski definition) is 0. The fourth-order valence-corrected chi connectivity index (χ4v) is 2.58. The minimum atomic E-state index is -0.387. The second-order valence-corrected chi connectivity index (χ2v) is 5.36. The zero-order valence-corrected chi connectivity index (χ0v) is 12.0. The van der Waals surface area contributed by atoms with E-state index in [1.54, 1.807) is 12.1 Å². The van der Waals surface area contributed by atoms with Crippen LogP contribution >= 0.6 is 0 Å². The van der Waals surface area contributed by atoms with Crippen molar-refractivity contribution in [2.45, 2.75) is 38.8 Å². The molecule has 0 aliphatic carbocycles. The van der Waals surface area contributed by atoms with Gasteiger partial charge in [0, 0.05) is 24.7 Å². The van der Waals surface area contributed by atoms with Crippen molar-refractivity contribution in [1.82, 2.24) is 4.90 Å². The molecule has 1 unspecified atom stereocenters. The van der Waals surface area contributed by atoms with E-state index in [1.807, 2.05) is 0 Å². The number of hydrogen-bond acceptors (Lipinski definition) is 4. The quantitative estimate of drug-likeness (QED) is 0.456. The third kappa shape index (κ3) is 4.28. The Kier molecular flexibility index (Phi) is 5.49. The van der Waals surface area contributed by atoms with E-state index in [4.69, 9.17) is 4.74 Å². The molecule has 0 saturated carbocycles. The summed E-state index contributed by atoms with van der Waals surface area (Å²) in [7, 11) is 0. The maximum Gasteiger partial charge on any atom is 0.269 e. The number of nitro benzene ring substituents is 1. The largest absolute Gasteiger partial charge is 0.375 e. The zero-order valence-electron chi connectivity index (χ0n) is 12.0. The summed E-state index contributed by atoms with van der Waals surface area (Å²) < 4.78 is 5.66. The van der Waals surface area contributed by atoms with Gasteiger partial charge in [0.25, 0.3) is 5.69 Å². The number of nitro groups is 1. The second kappa shape index (κ2) is 7.36. The highest BCUT2D eigenvalue weighted by atomic mass is 16.6. The molecule has 2 rings (SSSR count). The Hall–Kier alpha value is -1.46. The Morgan fingerprint density at radius 1 is 1.35 bits per heavy atom. The molecule has 0 N–H and O–H groups in total. The van der Waals surface area contributed by atoms with E-state index in [9.17, 15) is 10.1 Å². The van der Waals surface area contributed by atoms with Crippen molar-refractivity contribution in [3.05, 3.63) is 39.9 Å². The van der Waals surface area contributed by atoms with Crippen molar-refractivity contribution in [2.24, 2.45) is 0 Å². The Labute approximate surface area is 119 Å². The lowest BCUT2D eigenvalue weighted by atomic mass is 10.0. The van der Waals surface area contributed by atoms with Crippen LogP contribution in [-0.4, -0.2) is 35.6 Å². The molecule has 1 saturated heterocycles. The monoisotopic (exact) mass is 278 g/mol. The fourth-order valence-electron chi connectivity index (χ4n) is 2.58. The molecule has 0 spiro atoms. The predicted octanol–water partition coefficient (Wildman–Crippen LogP) is 2.99. The second-order valence-electron chi connectivity index (χ2n) is 5.36. The number of ether oxygens (including phenoxy) is 1. The number of nitrogens with zero attached hydrogens (tertiary/aromatic N) is 2. The first-order chi connectivity index (χ1) is 9.66. The molecule has 5 heteroatoms. The van der Waals surface area contributed by atoms with Crippen molar-refractivity contribution >= 4 is 5.69 Å². The van der Waals surface area contributed by atoms with Gasteiger partial charge in [0.2, 0.25) is 0 Å². The van der Waals surface area contributed by atoms with Crippen molar-refractivity contribution < 1.29 is 9.66 Å². The molecule has 0 aromatic heterocycles. The van der Waals surface area contributed by atoms with Gasteiger partial charge in [-0.05, 0) is 44.0 Å². The first-order valence-corrected chi connectivity index (χ1v) is 7.22. The molecular weight excluding hydrogens is 256 g/mol. The summed E-state index contributed by atoms with van der Waals surface area (Å²) in [6, 6.07) is 7.20. The average Bonchev–Trinajstić information content (AvgIpc) is 2.46.